The second-order valence-corrected chi connectivity index (χ2v) is 5.06. The minimum Gasteiger partial charge on any atom is -0.388 e. The van der Waals surface area contributed by atoms with Gasteiger partial charge < -0.3 is 5.32 Å². The van der Waals surface area contributed by atoms with Gasteiger partial charge in [-0.2, -0.15) is 11.8 Å². The lowest BCUT2D eigenvalue weighted by atomic mass is 10.2. The summed E-state index contributed by atoms with van der Waals surface area (Å²) in [4.78, 5) is 2.53. The lowest BCUT2D eigenvalue weighted by molar-refractivity contribution is 0.294. The molecule has 1 saturated heterocycles. The summed E-state index contributed by atoms with van der Waals surface area (Å²) in [7, 11) is 1.96. The molecule has 15 heavy (non-hydrogen) atoms. The van der Waals surface area contributed by atoms with E-state index in [9.17, 15) is 0 Å². The maximum atomic E-state index is 3.14. The highest BCUT2D eigenvalue weighted by Crippen LogP contribution is 2.14. The number of rotatable bonds is 3. The number of hydrogen-bond donors (Lipinski definition) is 1. The Bertz CT molecular complexity index is 291. The van der Waals surface area contributed by atoms with Crippen LogP contribution in [-0.4, -0.2) is 36.5 Å². The van der Waals surface area contributed by atoms with E-state index in [4.69, 9.17) is 0 Å². The molecule has 1 fully saturated rings. The molecule has 1 aromatic rings. The molecule has 0 unspecified atom stereocenters. The van der Waals surface area contributed by atoms with Crippen molar-refractivity contribution >= 4 is 17.4 Å². The predicted molar refractivity (Wildman–Crippen MR) is 68.6 cm³/mol. The number of nitrogens with one attached hydrogen (secondary N) is 1. The molecule has 0 aliphatic carbocycles. The molecule has 0 saturated carbocycles. The van der Waals surface area contributed by atoms with Crippen molar-refractivity contribution in [1.29, 1.82) is 0 Å². The highest BCUT2D eigenvalue weighted by molar-refractivity contribution is 7.99. The minimum atomic E-state index is 1.10. The molecule has 1 N–H and O–H groups in total. The first-order valence-corrected chi connectivity index (χ1v) is 6.61. The molecule has 1 aliphatic rings. The fourth-order valence-electron chi connectivity index (χ4n) is 1.79. The van der Waals surface area contributed by atoms with Crippen LogP contribution in [0.3, 0.4) is 0 Å². The predicted octanol–water partition coefficient (Wildman–Crippen LogP) is 2.28. The van der Waals surface area contributed by atoms with Crippen molar-refractivity contribution in [3.05, 3.63) is 29.8 Å². The van der Waals surface area contributed by atoms with Gasteiger partial charge in [-0.1, -0.05) is 12.1 Å². The first-order chi connectivity index (χ1) is 7.38. The Morgan fingerprint density at radius 1 is 1.20 bits per heavy atom. The van der Waals surface area contributed by atoms with E-state index in [1.54, 1.807) is 0 Å². The highest BCUT2D eigenvalue weighted by Gasteiger charge is 2.10. The van der Waals surface area contributed by atoms with Crippen molar-refractivity contribution in [2.75, 3.05) is 37.0 Å². The summed E-state index contributed by atoms with van der Waals surface area (Å²) < 4.78 is 0. The fourth-order valence-corrected chi connectivity index (χ4v) is 2.77. The van der Waals surface area contributed by atoms with E-state index < -0.39 is 0 Å². The monoisotopic (exact) mass is 222 g/mol. The first kappa shape index (κ1) is 10.8. The van der Waals surface area contributed by atoms with Crippen LogP contribution < -0.4 is 5.32 Å². The molecule has 0 spiro atoms. The Hall–Kier alpha value is -0.670. The van der Waals surface area contributed by atoms with Crippen molar-refractivity contribution in [3.8, 4) is 0 Å². The maximum absolute atomic E-state index is 3.14. The molecule has 0 radical (unpaired) electrons. The Kier molecular flexibility index (Phi) is 3.92. The third kappa shape index (κ3) is 3.14. The summed E-state index contributed by atoms with van der Waals surface area (Å²) in [6.07, 6.45) is 0. The molecular formula is C12H18N2S. The summed E-state index contributed by atoms with van der Waals surface area (Å²) in [5, 5.41) is 3.14. The second kappa shape index (κ2) is 5.42. The first-order valence-electron chi connectivity index (χ1n) is 5.45. The van der Waals surface area contributed by atoms with Gasteiger partial charge in [0.05, 0.1) is 0 Å². The van der Waals surface area contributed by atoms with Crippen molar-refractivity contribution in [1.82, 2.24) is 4.90 Å². The van der Waals surface area contributed by atoms with Crippen molar-refractivity contribution in [3.63, 3.8) is 0 Å². The molecule has 0 aromatic heterocycles. The molecule has 2 nitrogen and oxygen atoms in total. The van der Waals surface area contributed by atoms with Gasteiger partial charge in [0.15, 0.2) is 0 Å². The van der Waals surface area contributed by atoms with E-state index >= 15 is 0 Å². The molecule has 1 aromatic carbocycles. The zero-order valence-electron chi connectivity index (χ0n) is 9.20. The summed E-state index contributed by atoms with van der Waals surface area (Å²) in [6.45, 7) is 3.57. The maximum Gasteiger partial charge on any atom is 0.0337 e. The molecule has 0 bridgehead atoms. The van der Waals surface area contributed by atoms with Gasteiger partial charge in [-0.15, -0.1) is 0 Å². The van der Waals surface area contributed by atoms with Crippen LogP contribution >= 0.6 is 11.8 Å². The summed E-state index contributed by atoms with van der Waals surface area (Å²) in [6, 6.07) is 8.73. The minimum absolute atomic E-state index is 1.10. The van der Waals surface area contributed by atoms with Crippen molar-refractivity contribution < 1.29 is 0 Å². The van der Waals surface area contributed by atoms with Gasteiger partial charge >= 0.3 is 0 Å². The van der Waals surface area contributed by atoms with E-state index in [1.165, 1.54) is 35.8 Å². The van der Waals surface area contributed by atoms with E-state index in [1.807, 2.05) is 7.05 Å². The van der Waals surface area contributed by atoms with Gasteiger partial charge in [-0.25, -0.2) is 0 Å². The fraction of sp³-hybridized carbons (Fsp3) is 0.500. The topological polar surface area (TPSA) is 15.3 Å². The third-order valence-electron chi connectivity index (χ3n) is 2.75. The van der Waals surface area contributed by atoms with Crippen molar-refractivity contribution in [2.45, 2.75) is 6.54 Å². The Morgan fingerprint density at radius 2 is 1.87 bits per heavy atom. The Labute approximate surface area is 96.0 Å². The molecule has 82 valence electrons. The average Bonchev–Trinajstić information content (AvgIpc) is 2.31. The summed E-state index contributed by atoms with van der Waals surface area (Å²) in [5.41, 5.74) is 2.61. The van der Waals surface area contributed by atoms with E-state index in [0.717, 1.165) is 6.54 Å². The van der Waals surface area contributed by atoms with Gasteiger partial charge in [-0.05, 0) is 17.7 Å². The highest BCUT2D eigenvalue weighted by atomic mass is 32.2. The van der Waals surface area contributed by atoms with Crippen LogP contribution in [-0.2, 0) is 6.54 Å². The van der Waals surface area contributed by atoms with E-state index in [2.05, 4.69) is 46.2 Å². The van der Waals surface area contributed by atoms with Gasteiger partial charge in [0.2, 0.25) is 0 Å². The van der Waals surface area contributed by atoms with E-state index in [-0.39, 0.29) is 0 Å². The summed E-state index contributed by atoms with van der Waals surface area (Å²) in [5.74, 6) is 2.57. The number of anilines is 1. The van der Waals surface area contributed by atoms with Crippen LogP contribution in [0.25, 0.3) is 0 Å². The van der Waals surface area contributed by atoms with E-state index in [0.29, 0.717) is 0 Å². The molecule has 1 aliphatic heterocycles. The van der Waals surface area contributed by atoms with Crippen LogP contribution in [0, 0.1) is 0 Å². The van der Waals surface area contributed by atoms with Crippen LogP contribution in [0.5, 0.6) is 0 Å². The molecule has 2 rings (SSSR count). The van der Waals surface area contributed by atoms with Crippen molar-refractivity contribution in [2.24, 2.45) is 0 Å². The van der Waals surface area contributed by atoms with Gasteiger partial charge in [-0.3, -0.25) is 4.90 Å². The smallest absolute Gasteiger partial charge is 0.0337 e. The zero-order valence-corrected chi connectivity index (χ0v) is 10.0. The van der Waals surface area contributed by atoms with Crippen LogP contribution in [0.2, 0.25) is 0 Å². The number of benzene rings is 1. The summed E-state index contributed by atoms with van der Waals surface area (Å²) >= 11 is 2.06. The lowest BCUT2D eigenvalue weighted by Crippen LogP contribution is -2.31. The van der Waals surface area contributed by atoms with Gasteiger partial charge in [0.1, 0.15) is 0 Å². The zero-order chi connectivity index (χ0) is 10.5. The Balaban J connectivity index is 1.91. The van der Waals surface area contributed by atoms with Crippen LogP contribution in [0.4, 0.5) is 5.69 Å². The standard InChI is InChI=1S/C12H18N2S/c1-13-12-4-2-11(3-5-12)10-14-6-8-15-9-7-14/h2-5,13H,6-10H2,1H3. The largest absolute Gasteiger partial charge is 0.388 e. The number of nitrogens with zero attached hydrogens (tertiary/aromatic N) is 1. The SMILES string of the molecule is CNc1ccc(CN2CCSCC2)cc1. The number of thioether (sulfide) groups is 1. The van der Waals surface area contributed by atoms with Crippen LogP contribution in [0.15, 0.2) is 24.3 Å². The molecule has 0 atom stereocenters. The molecule has 1 heterocycles. The second-order valence-electron chi connectivity index (χ2n) is 3.84. The van der Waals surface area contributed by atoms with Gasteiger partial charge in [0.25, 0.3) is 0 Å². The molecule has 0 amide bonds. The normalized spacial score (nSPS) is 17.7. The quantitative estimate of drug-likeness (QED) is 0.844. The lowest BCUT2D eigenvalue weighted by Gasteiger charge is -2.26. The van der Waals surface area contributed by atoms with Crippen LogP contribution in [0.1, 0.15) is 5.56 Å². The number of hydrogen-bond acceptors (Lipinski definition) is 3. The Morgan fingerprint density at radius 3 is 2.47 bits per heavy atom. The third-order valence-corrected chi connectivity index (χ3v) is 3.69. The van der Waals surface area contributed by atoms with Gasteiger partial charge in [0, 0.05) is 43.9 Å². The molecule has 3 heteroatoms. The average molecular weight is 222 g/mol. The molecular weight excluding hydrogens is 204 g/mol.